The Morgan fingerprint density at radius 1 is 1.41 bits per heavy atom. The van der Waals surface area contributed by atoms with Crippen molar-refractivity contribution in [2.75, 3.05) is 17.2 Å². The van der Waals surface area contributed by atoms with Gasteiger partial charge < -0.3 is 16.4 Å². The van der Waals surface area contributed by atoms with Crippen LogP contribution in [0.2, 0.25) is 0 Å². The van der Waals surface area contributed by atoms with Crippen LogP contribution >= 0.6 is 0 Å². The van der Waals surface area contributed by atoms with Crippen molar-refractivity contribution >= 4 is 17.3 Å². The van der Waals surface area contributed by atoms with Gasteiger partial charge >= 0.3 is 0 Å². The fourth-order valence-electron chi connectivity index (χ4n) is 3.11. The number of nitrogens with two attached hydrogens (primary N) is 2. The smallest absolute Gasteiger partial charge is 0.243 e. The van der Waals surface area contributed by atoms with Crippen LogP contribution in [0.25, 0.3) is 0 Å². The van der Waals surface area contributed by atoms with Gasteiger partial charge in [0.2, 0.25) is 12.2 Å². The molecule has 2 aromatic rings. The highest BCUT2D eigenvalue weighted by atomic mass is 16.1. The number of rotatable bonds is 3. The van der Waals surface area contributed by atoms with Crippen LogP contribution in [0, 0.1) is 6.92 Å². The summed E-state index contributed by atoms with van der Waals surface area (Å²) in [5.41, 5.74) is 14.3. The summed E-state index contributed by atoms with van der Waals surface area (Å²) in [5.74, 6) is -0.284. The Labute approximate surface area is 129 Å². The molecule has 6 nitrogen and oxygen atoms in total. The van der Waals surface area contributed by atoms with E-state index < -0.39 is 0 Å². The Morgan fingerprint density at radius 2 is 2.18 bits per heavy atom. The number of benzene rings is 1. The first kappa shape index (κ1) is 14.4. The quantitative estimate of drug-likeness (QED) is 0.640. The van der Waals surface area contributed by atoms with Crippen molar-refractivity contribution in [1.29, 1.82) is 0 Å². The van der Waals surface area contributed by atoms with Crippen molar-refractivity contribution in [3.8, 4) is 0 Å². The van der Waals surface area contributed by atoms with Gasteiger partial charge in [-0.25, -0.2) is 9.13 Å². The molecular weight excluding hydrogens is 278 g/mol. The van der Waals surface area contributed by atoms with E-state index in [4.69, 9.17) is 11.5 Å². The summed E-state index contributed by atoms with van der Waals surface area (Å²) in [6.07, 6.45) is 6.77. The minimum Gasteiger partial charge on any atom is -0.399 e. The van der Waals surface area contributed by atoms with Crippen molar-refractivity contribution in [3.63, 3.8) is 0 Å². The SMILES string of the molecule is Cc1cc(N2CC(n3cc[n+](C)c3)CC2C(N)=O)ccc1N. The number of carbonyl (C=O) groups excluding carboxylic acids is 1. The number of aryl methyl sites for hydroxylation is 2. The van der Waals surface area contributed by atoms with Crippen LogP contribution in [-0.2, 0) is 11.8 Å². The predicted octanol–water partition coefficient (Wildman–Crippen LogP) is 0.509. The zero-order valence-electron chi connectivity index (χ0n) is 12.9. The zero-order chi connectivity index (χ0) is 15.9. The maximum absolute atomic E-state index is 11.9. The molecule has 4 N–H and O–H groups in total. The molecule has 0 spiro atoms. The van der Waals surface area contributed by atoms with Crippen LogP contribution < -0.4 is 20.9 Å². The molecular formula is C16H22N5O+. The summed E-state index contributed by atoms with van der Waals surface area (Å²) >= 11 is 0. The molecule has 1 aliphatic heterocycles. The first-order chi connectivity index (χ1) is 10.5. The molecule has 2 atom stereocenters. The van der Waals surface area contributed by atoms with Gasteiger partial charge in [-0.1, -0.05) is 0 Å². The number of hydrogen-bond donors (Lipinski definition) is 2. The Balaban J connectivity index is 1.91. The Bertz CT molecular complexity index is 708. The largest absolute Gasteiger partial charge is 0.399 e. The Kier molecular flexibility index (Phi) is 3.52. The number of hydrogen-bond acceptors (Lipinski definition) is 3. The fourth-order valence-corrected chi connectivity index (χ4v) is 3.11. The second kappa shape index (κ2) is 5.36. The molecule has 22 heavy (non-hydrogen) atoms. The molecule has 1 aliphatic rings. The Morgan fingerprint density at radius 3 is 2.77 bits per heavy atom. The summed E-state index contributed by atoms with van der Waals surface area (Å²) in [7, 11) is 1.98. The highest BCUT2D eigenvalue weighted by Crippen LogP contribution is 2.33. The number of amides is 1. The minimum absolute atomic E-state index is 0.233. The van der Waals surface area contributed by atoms with Crippen LogP contribution in [0.5, 0.6) is 0 Å². The van der Waals surface area contributed by atoms with Gasteiger partial charge in [-0.05, 0) is 30.7 Å². The molecule has 2 unspecified atom stereocenters. The van der Waals surface area contributed by atoms with E-state index in [2.05, 4.69) is 9.47 Å². The third kappa shape index (κ3) is 2.52. The molecule has 0 aliphatic carbocycles. The standard InChI is InChI=1S/C16H21N5O/c1-11-7-12(3-4-14(11)17)21-9-13(8-15(21)16(18)22)20-6-5-19(2)10-20/h3-7,10,13,15H,8-9,17H2,1-2H3,(H-,18,22)/p+1. The van der Waals surface area contributed by atoms with E-state index in [0.29, 0.717) is 6.42 Å². The topological polar surface area (TPSA) is 81.2 Å². The number of anilines is 2. The second-order valence-corrected chi connectivity index (χ2v) is 6.03. The number of primary amides is 1. The van der Waals surface area contributed by atoms with Crippen molar-refractivity contribution in [2.45, 2.75) is 25.4 Å². The average Bonchev–Trinajstić information content (AvgIpc) is 3.08. The van der Waals surface area contributed by atoms with Gasteiger partial charge in [-0.15, -0.1) is 0 Å². The third-order valence-corrected chi connectivity index (χ3v) is 4.40. The number of aromatic nitrogens is 2. The van der Waals surface area contributed by atoms with Crippen LogP contribution in [0.1, 0.15) is 18.0 Å². The molecule has 1 aromatic heterocycles. The van der Waals surface area contributed by atoms with E-state index in [1.807, 2.05) is 55.5 Å². The molecule has 1 amide bonds. The zero-order valence-corrected chi connectivity index (χ0v) is 12.9. The highest BCUT2D eigenvalue weighted by Gasteiger charge is 2.39. The average molecular weight is 300 g/mol. The molecule has 0 saturated carbocycles. The van der Waals surface area contributed by atoms with Gasteiger partial charge in [-0.2, -0.15) is 0 Å². The van der Waals surface area contributed by atoms with Gasteiger partial charge in [-0.3, -0.25) is 4.79 Å². The molecule has 0 bridgehead atoms. The number of carbonyl (C=O) groups is 1. The lowest BCUT2D eigenvalue weighted by molar-refractivity contribution is -0.671. The van der Waals surface area contributed by atoms with Crippen molar-refractivity contribution in [2.24, 2.45) is 12.8 Å². The molecule has 116 valence electrons. The normalized spacial score (nSPS) is 21.3. The third-order valence-electron chi connectivity index (χ3n) is 4.40. The van der Waals surface area contributed by atoms with Gasteiger partial charge in [0.1, 0.15) is 24.5 Å². The fraction of sp³-hybridized carbons (Fsp3) is 0.375. The monoisotopic (exact) mass is 300 g/mol. The molecule has 1 saturated heterocycles. The minimum atomic E-state index is -0.291. The van der Waals surface area contributed by atoms with Crippen molar-refractivity contribution in [1.82, 2.24) is 4.57 Å². The van der Waals surface area contributed by atoms with Crippen molar-refractivity contribution < 1.29 is 9.36 Å². The van der Waals surface area contributed by atoms with Gasteiger partial charge in [0.05, 0.1) is 13.6 Å². The van der Waals surface area contributed by atoms with Crippen LogP contribution in [0.3, 0.4) is 0 Å². The van der Waals surface area contributed by atoms with Crippen molar-refractivity contribution in [3.05, 3.63) is 42.5 Å². The maximum atomic E-state index is 11.9. The van der Waals surface area contributed by atoms with E-state index in [-0.39, 0.29) is 18.0 Å². The lowest BCUT2D eigenvalue weighted by atomic mass is 10.1. The molecule has 2 heterocycles. The highest BCUT2D eigenvalue weighted by molar-refractivity contribution is 5.84. The molecule has 3 rings (SSSR count). The van der Waals surface area contributed by atoms with Gasteiger partial charge in [0.25, 0.3) is 0 Å². The Hall–Kier alpha value is -2.50. The van der Waals surface area contributed by atoms with E-state index >= 15 is 0 Å². The first-order valence-corrected chi connectivity index (χ1v) is 7.40. The van der Waals surface area contributed by atoms with E-state index in [0.717, 1.165) is 23.5 Å². The van der Waals surface area contributed by atoms with Crippen LogP contribution in [0.15, 0.2) is 36.9 Å². The summed E-state index contributed by atoms with van der Waals surface area (Å²) in [5, 5.41) is 0. The number of nitrogens with zero attached hydrogens (tertiary/aromatic N) is 3. The lowest BCUT2D eigenvalue weighted by Gasteiger charge is -2.24. The van der Waals surface area contributed by atoms with E-state index in [1.165, 1.54) is 0 Å². The first-order valence-electron chi connectivity index (χ1n) is 7.40. The summed E-state index contributed by atoms with van der Waals surface area (Å²) < 4.78 is 4.13. The summed E-state index contributed by atoms with van der Waals surface area (Å²) in [4.78, 5) is 13.9. The lowest BCUT2D eigenvalue weighted by Crippen LogP contribution is -2.40. The van der Waals surface area contributed by atoms with Gasteiger partial charge in [0.15, 0.2) is 0 Å². The van der Waals surface area contributed by atoms with Crippen LogP contribution in [-0.4, -0.2) is 23.1 Å². The predicted molar refractivity (Wildman–Crippen MR) is 85.2 cm³/mol. The molecule has 6 heteroatoms. The summed E-state index contributed by atoms with van der Waals surface area (Å²) in [6, 6.07) is 5.79. The summed E-state index contributed by atoms with van der Waals surface area (Å²) in [6.45, 7) is 2.73. The molecule has 1 fully saturated rings. The van der Waals surface area contributed by atoms with E-state index in [1.54, 1.807) is 0 Å². The number of imidazole rings is 1. The maximum Gasteiger partial charge on any atom is 0.243 e. The molecule has 1 aromatic carbocycles. The van der Waals surface area contributed by atoms with E-state index in [9.17, 15) is 4.79 Å². The van der Waals surface area contributed by atoms with Crippen LogP contribution in [0.4, 0.5) is 11.4 Å². The molecule has 0 radical (unpaired) electrons. The van der Waals surface area contributed by atoms with Gasteiger partial charge in [0, 0.05) is 17.8 Å². The second-order valence-electron chi connectivity index (χ2n) is 6.03. The number of nitrogen functional groups attached to an aromatic ring is 1.